The number of hydrogen-bond donors (Lipinski definition) is 1. The van der Waals surface area contributed by atoms with Gasteiger partial charge in [-0.15, -0.1) is 0 Å². The molecule has 0 spiro atoms. The molecule has 2 heterocycles. The molecule has 2 aliphatic rings. The summed E-state index contributed by atoms with van der Waals surface area (Å²) in [6, 6.07) is 13.6. The second kappa shape index (κ2) is 10.7. The van der Waals surface area contributed by atoms with Crippen LogP contribution in [-0.2, 0) is 0 Å². The molecule has 8 heteroatoms. The average Bonchev–Trinajstić information content (AvgIpc) is 3.33. The predicted octanol–water partition coefficient (Wildman–Crippen LogP) is 3.89. The quantitative estimate of drug-likeness (QED) is 0.670. The van der Waals surface area contributed by atoms with Gasteiger partial charge in [-0.3, -0.25) is 9.69 Å². The highest BCUT2D eigenvalue weighted by Crippen LogP contribution is 2.25. The number of benzene rings is 2. The summed E-state index contributed by atoms with van der Waals surface area (Å²) in [7, 11) is 0. The number of piperazine rings is 1. The predicted molar refractivity (Wildman–Crippen MR) is 121 cm³/mol. The van der Waals surface area contributed by atoms with Crippen molar-refractivity contribution in [2.45, 2.75) is 19.5 Å². The van der Waals surface area contributed by atoms with Crippen LogP contribution >= 0.6 is 0 Å². The Balaban J connectivity index is 1.33. The number of amides is 1. The fraction of sp³-hybridized carbons (Fsp3) is 0.458. The van der Waals surface area contributed by atoms with Crippen LogP contribution in [0.5, 0.6) is 5.75 Å². The maximum Gasteiger partial charge on any atom is 0.387 e. The number of hydrogen-bond acceptors (Lipinski definition) is 5. The van der Waals surface area contributed by atoms with E-state index in [0.717, 1.165) is 26.2 Å². The molecule has 4 rings (SSSR count). The molecule has 1 amide bonds. The topological polar surface area (TPSA) is 48.1 Å². The van der Waals surface area contributed by atoms with E-state index in [4.69, 9.17) is 0 Å². The van der Waals surface area contributed by atoms with E-state index in [0.29, 0.717) is 30.0 Å². The molecular formula is C24H30F2N4O2. The number of nitrogens with zero attached hydrogens (tertiary/aromatic N) is 3. The van der Waals surface area contributed by atoms with E-state index < -0.39 is 6.61 Å². The highest BCUT2D eigenvalue weighted by molar-refractivity contribution is 6.00. The minimum absolute atomic E-state index is 0.00458. The molecule has 2 aliphatic heterocycles. The van der Waals surface area contributed by atoms with Crippen molar-refractivity contribution < 1.29 is 18.3 Å². The minimum atomic E-state index is -2.85. The number of anilines is 2. The van der Waals surface area contributed by atoms with E-state index in [-0.39, 0.29) is 11.7 Å². The fourth-order valence-corrected chi connectivity index (χ4v) is 4.29. The standard InChI is InChI=1S/C24H30F2N4O2/c25-24(26)32-20-9-7-19(8-10-20)27-22-6-2-1-5-21(22)23(31)30-17-15-29(16-18-30)14-13-28-11-3-4-12-28/h1-2,5-10,24,27H,3-4,11-18H2. The van der Waals surface area contributed by atoms with Crippen LogP contribution in [-0.4, -0.2) is 79.6 Å². The Hall–Kier alpha value is -2.71. The lowest BCUT2D eigenvalue weighted by Crippen LogP contribution is -2.50. The van der Waals surface area contributed by atoms with Gasteiger partial charge in [0.2, 0.25) is 0 Å². The van der Waals surface area contributed by atoms with Crippen LogP contribution in [0.2, 0.25) is 0 Å². The van der Waals surface area contributed by atoms with Crippen molar-refractivity contribution in [1.82, 2.24) is 14.7 Å². The summed E-state index contributed by atoms with van der Waals surface area (Å²) in [4.78, 5) is 20.1. The van der Waals surface area contributed by atoms with Crippen LogP contribution in [0.15, 0.2) is 48.5 Å². The summed E-state index contributed by atoms with van der Waals surface area (Å²) < 4.78 is 29.1. The molecule has 0 radical (unpaired) electrons. The van der Waals surface area contributed by atoms with Crippen molar-refractivity contribution in [3.05, 3.63) is 54.1 Å². The maximum absolute atomic E-state index is 13.2. The number of carbonyl (C=O) groups excluding carboxylic acids is 1. The summed E-state index contributed by atoms with van der Waals surface area (Å²) >= 11 is 0. The number of likely N-dealkylation sites (tertiary alicyclic amines) is 1. The lowest BCUT2D eigenvalue weighted by atomic mass is 10.1. The van der Waals surface area contributed by atoms with Gasteiger partial charge in [0.25, 0.3) is 5.91 Å². The Labute approximate surface area is 187 Å². The summed E-state index contributed by atoms with van der Waals surface area (Å²) in [5.41, 5.74) is 1.99. The second-order valence-electron chi connectivity index (χ2n) is 8.26. The van der Waals surface area contributed by atoms with E-state index in [1.807, 2.05) is 29.2 Å². The molecule has 2 saturated heterocycles. The second-order valence-corrected chi connectivity index (χ2v) is 8.26. The number of ether oxygens (including phenoxy) is 1. The first-order valence-corrected chi connectivity index (χ1v) is 11.2. The van der Waals surface area contributed by atoms with E-state index >= 15 is 0 Å². The smallest absolute Gasteiger partial charge is 0.387 e. The lowest BCUT2D eigenvalue weighted by Gasteiger charge is -2.35. The Morgan fingerprint density at radius 3 is 2.16 bits per heavy atom. The third-order valence-electron chi connectivity index (χ3n) is 6.11. The molecule has 2 fully saturated rings. The van der Waals surface area contributed by atoms with Crippen molar-refractivity contribution in [3.8, 4) is 5.75 Å². The molecule has 0 atom stereocenters. The van der Waals surface area contributed by atoms with Crippen molar-refractivity contribution in [1.29, 1.82) is 0 Å². The first-order chi connectivity index (χ1) is 15.6. The summed E-state index contributed by atoms with van der Waals surface area (Å²) in [6.07, 6.45) is 2.62. The number of nitrogens with one attached hydrogen (secondary N) is 1. The first-order valence-electron chi connectivity index (χ1n) is 11.2. The van der Waals surface area contributed by atoms with Gasteiger partial charge in [0.05, 0.1) is 11.3 Å². The molecule has 0 aromatic heterocycles. The van der Waals surface area contributed by atoms with E-state index in [2.05, 4.69) is 19.9 Å². The fourth-order valence-electron chi connectivity index (χ4n) is 4.29. The molecule has 6 nitrogen and oxygen atoms in total. The van der Waals surface area contributed by atoms with Gasteiger partial charge >= 0.3 is 6.61 Å². The van der Waals surface area contributed by atoms with Crippen molar-refractivity contribution in [3.63, 3.8) is 0 Å². The number of alkyl halides is 2. The molecular weight excluding hydrogens is 414 g/mol. The van der Waals surface area contributed by atoms with Crippen LogP contribution in [0, 0.1) is 0 Å². The highest BCUT2D eigenvalue weighted by Gasteiger charge is 2.24. The molecule has 1 N–H and O–H groups in total. The van der Waals surface area contributed by atoms with Gasteiger partial charge in [0.15, 0.2) is 0 Å². The zero-order valence-electron chi connectivity index (χ0n) is 18.2. The third kappa shape index (κ3) is 5.95. The zero-order chi connectivity index (χ0) is 22.3. The van der Waals surface area contributed by atoms with Gasteiger partial charge in [-0.1, -0.05) is 12.1 Å². The minimum Gasteiger partial charge on any atom is -0.435 e. The molecule has 2 aromatic carbocycles. The number of rotatable bonds is 8. The largest absolute Gasteiger partial charge is 0.435 e. The average molecular weight is 445 g/mol. The van der Waals surface area contributed by atoms with Crippen molar-refractivity contribution in [2.75, 3.05) is 57.7 Å². The molecule has 0 aliphatic carbocycles. The van der Waals surface area contributed by atoms with E-state index in [1.54, 1.807) is 12.1 Å². The number of carbonyl (C=O) groups is 1. The molecule has 0 bridgehead atoms. The maximum atomic E-state index is 13.2. The van der Waals surface area contributed by atoms with Gasteiger partial charge in [-0.2, -0.15) is 8.78 Å². The van der Waals surface area contributed by atoms with Gasteiger partial charge in [-0.05, 0) is 62.3 Å². The zero-order valence-corrected chi connectivity index (χ0v) is 18.2. The van der Waals surface area contributed by atoms with Crippen LogP contribution in [0.4, 0.5) is 20.2 Å². The van der Waals surface area contributed by atoms with Crippen molar-refractivity contribution in [2.24, 2.45) is 0 Å². The molecule has 32 heavy (non-hydrogen) atoms. The van der Waals surface area contributed by atoms with Gasteiger partial charge in [-0.25, -0.2) is 0 Å². The molecule has 2 aromatic rings. The highest BCUT2D eigenvalue weighted by atomic mass is 19.3. The first kappa shape index (κ1) is 22.5. The molecule has 172 valence electrons. The number of halogens is 2. The van der Waals surface area contributed by atoms with Gasteiger partial charge in [0.1, 0.15) is 5.75 Å². The summed E-state index contributed by atoms with van der Waals surface area (Å²) in [5, 5.41) is 3.23. The molecule has 0 saturated carbocycles. The van der Waals surface area contributed by atoms with Crippen molar-refractivity contribution >= 4 is 17.3 Å². The monoisotopic (exact) mass is 444 g/mol. The Kier molecular flexibility index (Phi) is 7.55. The van der Waals surface area contributed by atoms with E-state index in [1.165, 1.54) is 38.1 Å². The van der Waals surface area contributed by atoms with Crippen LogP contribution in [0.1, 0.15) is 23.2 Å². The lowest BCUT2D eigenvalue weighted by molar-refractivity contribution is -0.0498. The van der Waals surface area contributed by atoms with E-state index in [9.17, 15) is 13.6 Å². The summed E-state index contributed by atoms with van der Waals surface area (Å²) in [6.45, 7) is 4.95. The van der Waals surface area contributed by atoms with Gasteiger partial charge in [0, 0.05) is 45.0 Å². The Morgan fingerprint density at radius 2 is 1.50 bits per heavy atom. The van der Waals surface area contributed by atoms with Gasteiger partial charge < -0.3 is 19.9 Å². The Bertz CT molecular complexity index is 880. The Morgan fingerprint density at radius 1 is 0.875 bits per heavy atom. The number of para-hydroxylation sites is 1. The van der Waals surface area contributed by atoms with Crippen LogP contribution < -0.4 is 10.1 Å². The summed E-state index contributed by atoms with van der Waals surface area (Å²) in [5.74, 6) is 0.0995. The third-order valence-corrected chi connectivity index (χ3v) is 6.11. The SMILES string of the molecule is O=C(c1ccccc1Nc1ccc(OC(F)F)cc1)N1CCN(CCN2CCCC2)CC1. The van der Waals surface area contributed by atoms with Crippen LogP contribution in [0.25, 0.3) is 0 Å². The normalized spacial score (nSPS) is 17.7. The van der Waals surface area contributed by atoms with Crippen LogP contribution in [0.3, 0.4) is 0 Å². The molecule has 0 unspecified atom stereocenters.